The second-order valence-electron chi connectivity index (χ2n) is 3.22. The van der Waals surface area contributed by atoms with Crippen molar-refractivity contribution in [2.75, 3.05) is 6.26 Å². The predicted octanol–water partition coefficient (Wildman–Crippen LogP) is 0.593. The third-order valence-electron chi connectivity index (χ3n) is 2.17. The van der Waals surface area contributed by atoms with E-state index in [9.17, 15) is 4.79 Å². The summed E-state index contributed by atoms with van der Waals surface area (Å²) in [6.45, 7) is 0. The van der Waals surface area contributed by atoms with Gasteiger partial charge < -0.3 is 0 Å². The normalized spacial score (nSPS) is 10.2. The summed E-state index contributed by atoms with van der Waals surface area (Å²) in [7, 11) is 0. The van der Waals surface area contributed by atoms with Crippen LogP contribution in [-0.4, -0.2) is 27.2 Å². The fourth-order valence-corrected chi connectivity index (χ4v) is 1.77. The molecule has 2 rings (SSSR count). The molecule has 7 heteroatoms. The highest BCUT2D eigenvalue weighted by Gasteiger charge is 2.09. The lowest BCUT2D eigenvalue weighted by atomic mass is 10.3. The number of nitrogen functional groups attached to an aromatic ring is 1. The Morgan fingerprint density at radius 1 is 1.53 bits per heavy atom. The average Bonchev–Trinajstić information content (AvgIpc) is 2.87. The fourth-order valence-electron chi connectivity index (χ4n) is 1.32. The molecule has 17 heavy (non-hydrogen) atoms. The molecule has 0 atom stereocenters. The molecule has 0 saturated carbocycles. The van der Waals surface area contributed by atoms with Crippen molar-refractivity contribution in [2.24, 2.45) is 5.84 Å². The second kappa shape index (κ2) is 4.98. The molecule has 3 N–H and O–H groups in total. The monoisotopic (exact) mass is 249 g/mol. The van der Waals surface area contributed by atoms with Gasteiger partial charge in [0.2, 0.25) is 0 Å². The molecule has 2 aromatic rings. The maximum absolute atomic E-state index is 11.2. The molecular weight excluding hydrogens is 238 g/mol. The van der Waals surface area contributed by atoms with Gasteiger partial charge in [0.1, 0.15) is 0 Å². The zero-order valence-corrected chi connectivity index (χ0v) is 9.94. The molecule has 6 nitrogen and oxygen atoms in total. The van der Waals surface area contributed by atoms with Crippen molar-refractivity contribution in [1.82, 2.24) is 20.4 Å². The topological polar surface area (TPSA) is 85.8 Å². The summed E-state index contributed by atoms with van der Waals surface area (Å²) >= 11 is 1.63. The quantitative estimate of drug-likeness (QED) is 0.360. The van der Waals surface area contributed by atoms with Crippen molar-refractivity contribution in [1.29, 1.82) is 0 Å². The Hall–Kier alpha value is -1.86. The number of hydrogen-bond donors (Lipinski definition) is 2. The van der Waals surface area contributed by atoms with Gasteiger partial charge in [-0.15, -0.1) is 16.9 Å². The first-order valence-corrected chi connectivity index (χ1v) is 6.05. The van der Waals surface area contributed by atoms with Gasteiger partial charge in [0.05, 0.1) is 11.9 Å². The van der Waals surface area contributed by atoms with Gasteiger partial charge >= 0.3 is 0 Å². The number of hydrazine groups is 1. The molecular formula is C10H11N5OS. The Bertz CT molecular complexity index is 539. The average molecular weight is 249 g/mol. The highest BCUT2D eigenvalue weighted by molar-refractivity contribution is 7.98. The van der Waals surface area contributed by atoms with Crippen molar-refractivity contribution in [3.63, 3.8) is 0 Å². The van der Waals surface area contributed by atoms with Crippen molar-refractivity contribution < 1.29 is 4.79 Å². The third-order valence-corrected chi connectivity index (χ3v) is 2.90. The Labute approximate surface area is 102 Å². The molecule has 88 valence electrons. The molecule has 0 bridgehead atoms. The first kappa shape index (κ1) is 11.6. The molecule has 0 aliphatic heterocycles. The Kier molecular flexibility index (Phi) is 3.40. The third kappa shape index (κ3) is 2.45. The zero-order valence-electron chi connectivity index (χ0n) is 9.12. The van der Waals surface area contributed by atoms with Crippen molar-refractivity contribution in [2.45, 2.75) is 4.90 Å². The highest BCUT2D eigenvalue weighted by Crippen LogP contribution is 2.17. The van der Waals surface area contributed by atoms with Gasteiger partial charge in [-0.3, -0.25) is 10.2 Å². The van der Waals surface area contributed by atoms with Gasteiger partial charge in [0, 0.05) is 4.90 Å². The maximum atomic E-state index is 11.2. The molecule has 1 aromatic carbocycles. The van der Waals surface area contributed by atoms with Crippen LogP contribution in [0.25, 0.3) is 5.69 Å². The smallest absolute Gasteiger partial charge is 0.287 e. The Balaban J connectivity index is 2.33. The minimum Gasteiger partial charge on any atom is -0.289 e. The lowest BCUT2D eigenvalue weighted by molar-refractivity contribution is 0.0948. The number of aromatic nitrogens is 3. The summed E-state index contributed by atoms with van der Waals surface area (Å²) in [5, 5.41) is 7.60. The van der Waals surface area contributed by atoms with Crippen LogP contribution in [0.1, 0.15) is 10.5 Å². The first-order valence-electron chi connectivity index (χ1n) is 4.82. The van der Waals surface area contributed by atoms with Gasteiger partial charge in [-0.25, -0.2) is 10.5 Å². The van der Waals surface area contributed by atoms with E-state index in [1.54, 1.807) is 11.8 Å². The Morgan fingerprint density at radius 2 is 2.35 bits per heavy atom. The number of carbonyl (C=O) groups excluding carboxylic acids is 1. The van der Waals surface area contributed by atoms with Gasteiger partial charge in [0.15, 0.2) is 5.69 Å². The van der Waals surface area contributed by atoms with E-state index in [0.29, 0.717) is 0 Å². The number of hydrogen-bond acceptors (Lipinski definition) is 5. The standard InChI is InChI=1S/C10H11N5OS/c1-17-8-4-2-3-7(5-8)15-6-9(13-14-15)10(16)12-11/h2-6H,11H2,1H3,(H,12,16). The molecule has 0 radical (unpaired) electrons. The highest BCUT2D eigenvalue weighted by atomic mass is 32.2. The van der Waals surface area contributed by atoms with E-state index in [0.717, 1.165) is 10.6 Å². The molecule has 0 fully saturated rings. The predicted molar refractivity (Wildman–Crippen MR) is 64.8 cm³/mol. The molecule has 0 unspecified atom stereocenters. The molecule has 0 saturated heterocycles. The maximum Gasteiger partial charge on any atom is 0.287 e. The minimum atomic E-state index is -0.461. The van der Waals surface area contributed by atoms with Crippen LogP contribution in [-0.2, 0) is 0 Å². The molecule has 0 aliphatic carbocycles. The van der Waals surface area contributed by atoms with Gasteiger partial charge in [0.25, 0.3) is 5.91 Å². The van der Waals surface area contributed by atoms with Crippen molar-refractivity contribution in [3.05, 3.63) is 36.2 Å². The number of thioether (sulfide) groups is 1. The van der Waals surface area contributed by atoms with E-state index < -0.39 is 5.91 Å². The molecule has 1 heterocycles. The van der Waals surface area contributed by atoms with E-state index in [2.05, 4.69) is 10.3 Å². The van der Waals surface area contributed by atoms with Crippen LogP contribution in [0.3, 0.4) is 0 Å². The van der Waals surface area contributed by atoms with Crippen LogP contribution in [0.5, 0.6) is 0 Å². The van der Waals surface area contributed by atoms with Crippen LogP contribution in [0.2, 0.25) is 0 Å². The van der Waals surface area contributed by atoms with Crippen LogP contribution >= 0.6 is 11.8 Å². The van der Waals surface area contributed by atoms with E-state index in [1.807, 2.05) is 35.9 Å². The summed E-state index contributed by atoms with van der Waals surface area (Å²) < 4.78 is 1.53. The number of rotatable bonds is 3. The van der Waals surface area contributed by atoms with E-state index >= 15 is 0 Å². The number of carbonyl (C=O) groups is 1. The first-order chi connectivity index (χ1) is 8.24. The van der Waals surface area contributed by atoms with Crippen LogP contribution in [0, 0.1) is 0 Å². The Morgan fingerprint density at radius 3 is 3.06 bits per heavy atom. The molecule has 1 aromatic heterocycles. The summed E-state index contributed by atoms with van der Waals surface area (Å²) in [4.78, 5) is 12.3. The molecule has 0 spiro atoms. The summed E-state index contributed by atoms with van der Waals surface area (Å²) in [5.74, 6) is 4.56. The van der Waals surface area contributed by atoms with Gasteiger partial charge in [-0.05, 0) is 24.5 Å². The lowest BCUT2D eigenvalue weighted by Gasteiger charge is -2.01. The van der Waals surface area contributed by atoms with Crippen molar-refractivity contribution >= 4 is 17.7 Å². The molecule has 1 amide bonds. The molecule has 0 aliphatic rings. The van der Waals surface area contributed by atoms with Gasteiger partial charge in [-0.1, -0.05) is 11.3 Å². The minimum absolute atomic E-state index is 0.182. The number of nitrogens with zero attached hydrogens (tertiary/aromatic N) is 3. The number of nitrogens with one attached hydrogen (secondary N) is 1. The van der Waals surface area contributed by atoms with Gasteiger partial charge in [-0.2, -0.15) is 0 Å². The van der Waals surface area contributed by atoms with E-state index in [-0.39, 0.29) is 5.69 Å². The SMILES string of the molecule is CSc1cccc(-n2cc(C(=O)NN)nn2)c1. The second-order valence-corrected chi connectivity index (χ2v) is 4.10. The van der Waals surface area contributed by atoms with E-state index in [4.69, 9.17) is 5.84 Å². The van der Waals surface area contributed by atoms with Crippen molar-refractivity contribution in [3.8, 4) is 5.69 Å². The fraction of sp³-hybridized carbons (Fsp3) is 0.100. The van der Waals surface area contributed by atoms with Crippen LogP contribution < -0.4 is 11.3 Å². The zero-order chi connectivity index (χ0) is 12.3. The largest absolute Gasteiger partial charge is 0.289 e. The van der Waals surface area contributed by atoms with Crippen LogP contribution in [0.15, 0.2) is 35.4 Å². The number of nitrogens with two attached hydrogens (primary N) is 1. The summed E-state index contributed by atoms with van der Waals surface area (Å²) in [6.07, 6.45) is 3.52. The number of benzene rings is 1. The van der Waals surface area contributed by atoms with E-state index in [1.165, 1.54) is 10.9 Å². The summed E-state index contributed by atoms with van der Waals surface area (Å²) in [5.41, 5.74) is 3.04. The summed E-state index contributed by atoms with van der Waals surface area (Å²) in [6, 6.07) is 7.77. The lowest BCUT2D eigenvalue weighted by Crippen LogP contribution is -2.30. The number of amides is 1. The van der Waals surface area contributed by atoms with Crippen LogP contribution in [0.4, 0.5) is 0 Å².